The number of hydrogen-bond acceptors (Lipinski definition) is 6. The first-order valence-electron chi connectivity index (χ1n) is 8.01. The van der Waals surface area contributed by atoms with Crippen molar-refractivity contribution < 1.29 is 8.42 Å². The summed E-state index contributed by atoms with van der Waals surface area (Å²) in [5, 5.41) is 9.33. The highest BCUT2D eigenvalue weighted by Gasteiger charge is 2.15. The van der Waals surface area contributed by atoms with Crippen molar-refractivity contribution in [3.63, 3.8) is 0 Å². The number of rotatable bonds is 7. The van der Waals surface area contributed by atoms with Crippen LogP contribution < -0.4 is 5.14 Å². The molecule has 3 aromatic rings. The van der Waals surface area contributed by atoms with E-state index < -0.39 is 10.0 Å². The van der Waals surface area contributed by atoms with Crippen LogP contribution in [0.25, 0.3) is 11.0 Å². The number of aryl methyl sites for hydroxylation is 2. The van der Waals surface area contributed by atoms with Gasteiger partial charge in [-0.3, -0.25) is 0 Å². The van der Waals surface area contributed by atoms with E-state index in [0.29, 0.717) is 5.52 Å². The number of thioether (sulfide) groups is 1. The van der Waals surface area contributed by atoms with Crippen molar-refractivity contribution in [2.75, 3.05) is 0 Å². The summed E-state index contributed by atoms with van der Waals surface area (Å²) in [6, 6.07) is 4.82. The van der Waals surface area contributed by atoms with E-state index in [1.165, 1.54) is 17.1 Å². The van der Waals surface area contributed by atoms with Gasteiger partial charge < -0.3 is 4.57 Å². The van der Waals surface area contributed by atoms with Crippen LogP contribution in [0.15, 0.2) is 33.6 Å². The molecule has 0 saturated carbocycles. The highest BCUT2D eigenvalue weighted by molar-refractivity contribution is 7.98. The molecule has 3 rings (SSSR count). The van der Waals surface area contributed by atoms with Crippen molar-refractivity contribution >= 4 is 44.2 Å². The first-order chi connectivity index (χ1) is 11.9. The molecule has 0 amide bonds. The molecule has 0 spiro atoms. The number of imidazole rings is 1. The minimum Gasteiger partial charge on any atom is -0.319 e. The molecule has 2 heterocycles. The lowest BCUT2D eigenvalue weighted by molar-refractivity contribution is 0.598. The van der Waals surface area contributed by atoms with E-state index in [1.54, 1.807) is 29.2 Å². The third kappa shape index (κ3) is 4.05. The maximum atomic E-state index is 11.5. The predicted octanol–water partition coefficient (Wildman–Crippen LogP) is 3.40. The zero-order valence-corrected chi connectivity index (χ0v) is 16.5. The number of benzene rings is 1. The predicted molar refractivity (Wildman–Crippen MR) is 102 cm³/mol. The molecule has 0 atom stereocenters. The van der Waals surface area contributed by atoms with Crippen LogP contribution in [0, 0.1) is 0 Å². The summed E-state index contributed by atoms with van der Waals surface area (Å²) in [5.41, 5.74) is 2.60. The Balaban J connectivity index is 1.87. The van der Waals surface area contributed by atoms with Crippen molar-refractivity contribution in [3.8, 4) is 0 Å². The standard InChI is InChI=1S/C16H20N4O2S3/c1-3-5-15-18-11(9-23-15)10-24-16-19-13-8-12(25(17,21)22)6-7-14(13)20(16)4-2/h6-9H,3-5,10H2,1-2H3,(H2,17,21,22). The van der Waals surface area contributed by atoms with Crippen molar-refractivity contribution in [2.45, 2.75) is 49.0 Å². The Hall–Kier alpha value is -1.42. The first-order valence-corrected chi connectivity index (χ1v) is 11.4. The molecule has 9 heteroatoms. The molecule has 0 aliphatic carbocycles. The molecule has 6 nitrogen and oxygen atoms in total. The van der Waals surface area contributed by atoms with Gasteiger partial charge in [-0.1, -0.05) is 18.7 Å². The van der Waals surface area contributed by atoms with E-state index in [-0.39, 0.29) is 4.90 Å². The number of nitrogens with zero attached hydrogens (tertiary/aromatic N) is 3. The number of hydrogen-bond donors (Lipinski definition) is 1. The summed E-state index contributed by atoms with van der Waals surface area (Å²) in [5.74, 6) is 0.742. The number of fused-ring (bicyclic) bond motifs is 1. The highest BCUT2D eigenvalue weighted by Crippen LogP contribution is 2.28. The van der Waals surface area contributed by atoms with E-state index in [2.05, 4.69) is 26.8 Å². The summed E-state index contributed by atoms with van der Waals surface area (Å²) < 4.78 is 25.1. The largest absolute Gasteiger partial charge is 0.319 e. The average molecular weight is 397 g/mol. The molecule has 0 aliphatic heterocycles. The number of sulfonamides is 1. The second-order valence-electron chi connectivity index (χ2n) is 5.61. The van der Waals surface area contributed by atoms with Gasteiger partial charge in [-0.25, -0.2) is 23.5 Å². The molecule has 1 aromatic carbocycles. The van der Waals surface area contributed by atoms with Gasteiger partial charge in [0.2, 0.25) is 10.0 Å². The second-order valence-corrected chi connectivity index (χ2v) is 9.05. The Kier molecular flexibility index (Phi) is 5.47. The van der Waals surface area contributed by atoms with Gasteiger partial charge in [0.1, 0.15) is 0 Å². The van der Waals surface area contributed by atoms with Gasteiger partial charge in [-0.15, -0.1) is 11.3 Å². The minimum atomic E-state index is -3.73. The van der Waals surface area contributed by atoms with E-state index >= 15 is 0 Å². The van der Waals surface area contributed by atoms with Crippen LogP contribution in [0.1, 0.15) is 31.0 Å². The van der Waals surface area contributed by atoms with Gasteiger partial charge in [-0.05, 0) is 38.0 Å². The third-order valence-corrected chi connectivity index (χ3v) is 6.62. The molecule has 134 valence electrons. The molecule has 2 N–H and O–H groups in total. The zero-order valence-electron chi connectivity index (χ0n) is 14.1. The normalized spacial score (nSPS) is 12.1. The zero-order chi connectivity index (χ0) is 18.0. The molecule has 2 aromatic heterocycles. The molecular weight excluding hydrogens is 376 g/mol. The van der Waals surface area contributed by atoms with Gasteiger partial charge in [-0.2, -0.15) is 0 Å². The third-order valence-electron chi connectivity index (χ3n) is 3.74. The van der Waals surface area contributed by atoms with Crippen LogP contribution >= 0.6 is 23.1 Å². The maximum absolute atomic E-state index is 11.5. The number of primary sulfonamides is 1. The summed E-state index contributed by atoms with van der Waals surface area (Å²) in [4.78, 5) is 9.32. The number of thiazole rings is 1. The van der Waals surface area contributed by atoms with Crippen LogP contribution in [-0.4, -0.2) is 23.0 Å². The van der Waals surface area contributed by atoms with E-state index in [0.717, 1.165) is 41.5 Å². The van der Waals surface area contributed by atoms with Gasteiger partial charge in [0.15, 0.2) is 5.16 Å². The molecule has 0 bridgehead atoms. The molecule has 0 radical (unpaired) electrons. The van der Waals surface area contributed by atoms with Crippen LogP contribution in [0.4, 0.5) is 0 Å². The fourth-order valence-electron chi connectivity index (χ4n) is 2.56. The van der Waals surface area contributed by atoms with E-state index in [9.17, 15) is 8.42 Å². The number of nitrogens with two attached hydrogens (primary N) is 1. The molecule has 0 fully saturated rings. The van der Waals surface area contributed by atoms with Gasteiger partial charge >= 0.3 is 0 Å². The lowest BCUT2D eigenvalue weighted by Crippen LogP contribution is -2.11. The Morgan fingerprint density at radius 1 is 1.28 bits per heavy atom. The second kappa shape index (κ2) is 7.45. The van der Waals surface area contributed by atoms with Crippen LogP contribution in [0.3, 0.4) is 0 Å². The summed E-state index contributed by atoms with van der Waals surface area (Å²) in [6.45, 7) is 4.95. The summed E-state index contributed by atoms with van der Waals surface area (Å²) in [6.07, 6.45) is 2.11. The SMILES string of the molecule is CCCc1nc(CSc2nc3cc(S(N)(=O)=O)ccc3n2CC)cs1. The first kappa shape index (κ1) is 18.4. The Morgan fingerprint density at radius 3 is 2.76 bits per heavy atom. The van der Waals surface area contributed by atoms with E-state index in [1.807, 2.05) is 6.92 Å². The molecule has 0 aliphatic rings. The molecule has 25 heavy (non-hydrogen) atoms. The molecule has 0 saturated heterocycles. The monoisotopic (exact) mass is 396 g/mol. The van der Waals surface area contributed by atoms with E-state index in [4.69, 9.17) is 5.14 Å². The van der Waals surface area contributed by atoms with Crippen LogP contribution in [0.5, 0.6) is 0 Å². The summed E-state index contributed by atoms with van der Waals surface area (Å²) >= 11 is 3.31. The Morgan fingerprint density at radius 2 is 2.08 bits per heavy atom. The fraction of sp³-hybridized carbons (Fsp3) is 0.375. The number of aromatic nitrogens is 3. The smallest absolute Gasteiger partial charge is 0.238 e. The highest BCUT2D eigenvalue weighted by atomic mass is 32.2. The Bertz CT molecular complexity index is 992. The van der Waals surface area contributed by atoms with Crippen molar-refractivity contribution in [1.29, 1.82) is 0 Å². The van der Waals surface area contributed by atoms with Gasteiger partial charge in [0, 0.05) is 17.7 Å². The van der Waals surface area contributed by atoms with Crippen molar-refractivity contribution in [1.82, 2.24) is 14.5 Å². The maximum Gasteiger partial charge on any atom is 0.238 e. The fourth-order valence-corrected chi connectivity index (χ4v) is 5.07. The van der Waals surface area contributed by atoms with Crippen molar-refractivity contribution in [2.24, 2.45) is 5.14 Å². The molecular formula is C16H20N4O2S3. The van der Waals surface area contributed by atoms with Gasteiger partial charge in [0.05, 0.1) is 26.6 Å². The quantitative estimate of drug-likeness (QED) is 0.618. The van der Waals surface area contributed by atoms with Crippen LogP contribution in [0.2, 0.25) is 0 Å². The topological polar surface area (TPSA) is 90.9 Å². The molecule has 0 unspecified atom stereocenters. The van der Waals surface area contributed by atoms with Crippen molar-refractivity contribution in [3.05, 3.63) is 34.3 Å². The lowest BCUT2D eigenvalue weighted by Gasteiger charge is -2.05. The van der Waals surface area contributed by atoms with Crippen LogP contribution in [-0.2, 0) is 28.7 Å². The average Bonchev–Trinajstić information content (AvgIpc) is 3.15. The Labute approximate surface area is 155 Å². The lowest BCUT2D eigenvalue weighted by atomic mass is 10.3. The summed E-state index contributed by atoms with van der Waals surface area (Å²) in [7, 11) is -3.73. The van der Waals surface area contributed by atoms with Gasteiger partial charge in [0.25, 0.3) is 0 Å². The minimum absolute atomic E-state index is 0.0843.